The van der Waals surface area contributed by atoms with Crippen molar-refractivity contribution in [2.45, 2.75) is 32.1 Å². The molecule has 31 heavy (non-hydrogen) atoms. The molecule has 8 nitrogen and oxygen atoms in total. The molecule has 1 N–H and O–H groups in total. The minimum absolute atomic E-state index is 0.331. The first-order valence-electron chi connectivity index (χ1n) is 9.72. The van der Waals surface area contributed by atoms with Crippen molar-refractivity contribution in [1.29, 1.82) is 0 Å². The molecular formula is C20H21F3N6O2. The van der Waals surface area contributed by atoms with Crippen LogP contribution in [0, 0.1) is 0 Å². The lowest BCUT2D eigenvalue weighted by atomic mass is 9.99. The molecule has 0 radical (unpaired) electrons. The van der Waals surface area contributed by atoms with Crippen molar-refractivity contribution >= 4 is 28.6 Å². The highest BCUT2D eigenvalue weighted by atomic mass is 19.4. The predicted molar refractivity (Wildman–Crippen MR) is 107 cm³/mol. The van der Waals surface area contributed by atoms with Gasteiger partial charge in [-0.25, -0.2) is 14.5 Å². The number of ether oxygens (including phenoxy) is 1. The van der Waals surface area contributed by atoms with Crippen LogP contribution in [-0.4, -0.2) is 57.0 Å². The van der Waals surface area contributed by atoms with Gasteiger partial charge in [0.25, 0.3) is 0 Å². The largest absolute Gasteiger partial charge is 0.490 e. The van der Waals surface area contributed by atoms with Crippen molar-refractivity contribution in [3.8, 4) is 0 Å². The van der Waals surface area contributed by atoms with Gasteiger partial charge in [0.2, 0.25) is 5.95 Å². The monoisotopic (exact) mass is 434 g/mol. The molecule has 4 rings (SSSR count). The second-order valence-electron chi connectivity index (χ2n) is 7.60. The van der Waals surface area contributed by atoms with Crippen LogP contribution in [0.15, 0.2) is 30.6 Å². The second-order valence-corrected chi connectivity index (χ2v) is 7.60. The summed E-state index contributed by atoms with van der Waals surface area (Å²) in [5, 5.41) is 7.95. The highest BCUT2D eigenvalue weighted by Gasteiger charge is 2.41. The van der Waals surface area contributed by atoms with Crippen LogP contribution in [0.1, 0.15) is 24.1 Å². The first-order valence-corrected chi connectivity index (χ1v) is 9.72. The fourth-order valence-corrected chi connectivity index (χ4v) is 3.47. The predicted octanol–water partition coefficient (Wildman–Crippen LogP) is 3.22. The van der Waals surface area contributed by atoms with Crippen LogP contribution in [0.2, 0.25) is 0 Å². The summed E-state index contributed by atoms with van der Waals surface area (Å²) >= 11 is 0. The van der Waals surface area contributed by atoms with Gasteiger partial charge in [0.05, 0.1) is 17.6 Å². The molecule has 0 spiro atoms. The number of benzene rings is 1. The number of nitrogens with zero attached hydrogens (tertiary/aromatic N) is 5. The van der Waals surface area contributed by atoms with E-state index in [1.165, 1.54) is 22.0 Å². The summed E-state index contributed by atoms with van der Waals surface area (Å²) in [5.41, 5.74) is 3.82. The molecule has 164 valence electrons. The van der Waals surface area contributed by atoms with E-state index in [2.05, 4.69) is 49.2 Å². The van der Waals surface area contributed by atoms with Gasteiger partial charge in [-0.2, -0.15) is 23.3 Å². The number of hydrogen-bond acceptors (Lipinski definition) is 7. The van der Waals surface area contributed by atoms with Crippen LogP contribution >= 0.6 is 0 Å². The Kier molecular flexibility index (Phi) is 5.52. The van der Waals surface area contributed by atoms with E-state index in [4.69, 9.17) is 0 Å². The zero-order chi connectivity index (χ0) is 22.2. The zero-order valence-electron chi connectivity index (χ0n) is 17.0. The van der Waals surface area contributed by atoms with Crippen molar-refractivity contribution < 1.29 is 22.7 Å². The number of carbonyl (C=O) groups excluding carboxylic acids is 1. The standard InChI is InChI=1S/C20H21F3N6O2/c1-12(11-31-18(30)20(21,22)23)29-17-15(9-25-29)8-24-19(27-17)26-16-4-3-13-5-6-28(2)10-14(13)7-16/h3-4,7-9,12H,5-6,10-11H2,1-2H3,(H,24,26,27). The van der Waals surface area contributed by atoms with Gasteiger partial charge in [-0.1, -0.05) is 6.07 Å². The van der Waals surface area contributed by atoms with Crippen molar-refractivity contribution in [2.24, 2.45) is 0 Å². The summed E-state index contributed by atoms with van der Waals surface area (Å²) in [6.07, 6.45) is -0.940. The van der Waals surface area contributed by atoms with E-state index in [9.17, 15) is 18.0 Å². The van der Waals surface area contributed by atoms with Crippen LogP contribution in [-0.2, 0) is 22.5 Å². The molecule has 3 aromatic rings. The van der Waals surface area contributed by atoms with Gasteiger partial charge in [-0.15, -0.1) is 0 Å². The van der Waals surface area contributed by atoms with E-state index < -0.39 is 24.8 Å². The number of fused-ring (bicyclic) bond motifs is 2. The minimum Gasteiger partial charge on any atom is -0.457 e. The zero-order valence-corrected chi connectivity index (χ0v) is 17.0. The summed E-state index contributed by atoms with van der Waals surface area (Å²) in [6, 6.07) is 5.47. The average molecular weight is 434 g/mol. The fraction of sp³-hybridized carbons (Fsp3) is 0.400. The van der Waals surface area contributed by atoms with Gasteiger partial charge < -0.3 is 15.0 Å². The van der Waals surface area contributed by atoms with Crippen molar-refractivity contribution in [3.05, 3.63) is 41.7 Å². The normalized spacial score (nSPS) is 15.5. The minimum atomic E-state index is -5.03. The smallest absolute Gasteiger partial charge is 0.457 e. The molecule has 11 heteroatoms. The number of halogens is 3. The first-order chi connectivity index (χ1) is 14.7. The van der Waals surface area contributed by atoms with Crippen LogP contribution in [0.5, 0.6) is 0 Å². The van der Waals surface area contributed by atoms with Gasteiger partial charge in [0.1, 0.15) is 6.61 Å². The molecular weight excluding hydrogens is 413 g/mol. The molecule has 0 fully saturated rings. The molecule has 1 unspecified atom stereocenters. The third-order valence-electron chi connectivity index (χ3n) is 5.10. The van der Waals surface area contributed by atoms with Gasteiger partial charge >= 0.3 is 12.1 Å². The maximum Gasteiger partial charge on any atom is 0.490 e. The molecule has 0 amide bonds. The lowest BCUT2D eigenvalue weighted by molar-refractivity contribution is -0.200. The Morgan fingerprint density at radius 1 is 1.29 bits per heavy atom. The average Bonchev–Trinajstić information content (AvgIpc) is 3.14. The first kappa shape index (κ1) is 21.0. The van der Waals surface area contributed by atoms with E-state index in [0.717, 1.165) is 25.2 Å². The number of nitrogens with one attached hydrogen (secondary N) is 1. The maximum atomic E-state index is 12.4. The summed E-state index contributed by atoms with van der Waals surface area (Å²) in [7, 11) is 2.08. The number of likely N-dealkylation sites (N-methyl/N-ethyl adjacent to an activating group) is 1. The lowest BCUT2D eigenvalue weighted by Crippen LogP contribution is -2.28. The molecule has 0 saturated heterocycles. The Morgan fingerprint density at radius 3 is 2.87 bits per heavy atom. The highest BCUT2D eigenvalue weighted by Crippen LogP contribution is 2.25. The van der Waals surface area contributed by atoms with Gasteiger partial charge in [0.15, 0.2) is 5.65 Å². The second kappa shape index (κ2) is 8.14. The lowest BCUT2D eigenvalue weighted by Gasteiger charge is -2.25. The molecule has 1 aliphatic rings. The third kappa shape index (κ3) is 4.61. The van der Waals surface area contributed by atoms with Gasteiger partial charge in [0, 0.05) is 25.0 Å². The summed E-state index contributed by atoms with van der Waals surface area (Å²) in [4.78, 5) is 22.0. The Morgan fingerprint density at radius 2 is 2.10 bits per heavy atom. The molecule has 1 aromatic carbocycles. The number of carbonyl (C=O) groups is 1. The number of esters is 1. The molecule has 2 aromatic heterocycles. The van der Waals surface area contributed by atoms with Crippen molar-refractivity contribution in [2.75, 3.05) is 25.5 Å². The summed E-state index contributed by atoms with van der Waals surface area (Å²) in [6.45, 7) is 3.00. The van der Waals surface area contributed by atoms with E-state index in [1.807, 2.05) is 6.07 Å². The Bertz CT molecular complexity index is 1110. The third-order valence-corrected chi connectivity index (χ3v) is 5.10. The molecule has 1 atom stereocenters. The van der Waals surface area contributed by atoms with E-state index in [0.29, 0.717) is 17.0 Å². The molecule has 0 saturated carbocycles. The van der Waals surface area contributed by atoms with Gasteiger partial charge in [-0.05, 0) is 43.7 Å². The highest BCUT2D eigenvalue weighted by molar-refractivity contribution is 5.76. The number of hydrogen-bond donors (Lipinski definition) is 1. The van der Waals surface area contributed by atoms with Crippen molar-refractivity contribution in [1.82, 2.24) is 24.6 Å². The maximum absolute atomic E-state index is 12.4. The van der Waals surface area contributed by atoms with Gasteiger partial charge in [-0.3, -0.25) is 0 Å². The molecule has 0 aliphatic carbocycles. The van der Waals surface area contributed by atoms with Crippen LogP contribution in [0.25, 0.3) is 11.0 Å². The van der Waals surface area contributed by atoms with E-state index >= 15 is 0 Å². The number of aromatic nitrogens is 4. The Hall–Kier alpha value is -3.21. The van der Waals surface area contributed by atoms with Crippen molar-refractivity contribution in [3.63, 3.8) is 0 Å². The fourth-order valence-electron chi connectivity index (χ4n) is 3.47. The van der Waals surface area contributed by atoms with E-state index in [-0.39, 0.29) is 0 Å². The molecule has 0 bridgehead atoms. The summed E-state index contributed by atoms with van der Waals surface area (Å²) < 4.78 is 42.8. The molecule has 1 aliphatic heterocycles. The Labute approximate surface area is 176 Å². The Balaban J connectivity index is 1.52. The quantitative estimate of drug-likeness (QED) is 0.617. The topological polar surface area (TPSA) is 85.2 Å². The van der Waals surface area contributed by atoms with Crippen LogP contribution in [0.3, 0.4) is 0 Å². The van der Waals surface area contributed by atoms with Crippen LogP contribution in [0.4, 0.5) is 24.8 Å². The van der Waals surface area contributed by atoms with Crippen LogP contribution < -0.4 is 5.32 Å². The van der Waals surface area contributed by atoms with E-state index in [1.54, 1.807) is 13.1 Å². The number of rotatable bonds is 5. The summed E-state index contributed by atoms with van der Waals surface area (Å²) in [5.74, 6) is -1.90. The number of alkyl halides is 3. The molecule has 3 heterocycles. The number of anilines is 2. The SMILES string of the molecule is CC(COC(=O)C(F)(F)F)n1ncc2cnc(Nc3ccc4c(c3)CN(C)CC4)nc21.